The van der Waals surface area contributed by atoms with E-state index in [1.807, 2.05) is 25.1 Å². The molecule has 2 aliphatic rings. The highest BCUT2D eigenvalue weighted by atomic mass is 16.6. The number of rotatable bonds is 7. The van der Waals surface area contributed by atoms with Gasteiger partial charge < -0.3 is 10.1 Å². The highest BCUT2D eigenvalue weighted by molar-refractivity contribution is 6.02. The summed E-state index contributed by atoms with van der Waals surface area (Å²) in [6, 6.07) is 16.2. The molecule has 0 spiro atoms. The Morgan fingerprint density at radius 1 is 1.06 bits per heavy atom. The fourth-order valence-electron chi connectivity index (χ4n) is 4.78. The third kappa shape index (κ3) is 4.31. The van der Waals surface area contributed by atoms with Crippen molar-refractivity contribution in [3.05, 3.63) is 98.4 Å². The molecule has 7 heteroatoms. The molecule has 0 aromatic heterocycles. The molecule has 2 aromatic rings. The maximum Gasteiger partial charge on any atom is 0.336 e. The van der Waals surface area contributed by atoms with E-state index in [2.05, 4.69) is 17.4 Å². The third-order valence-electron chi connectivity index (χ3n) is 6.27. The number of nitro benzene ring substituents is 1. The van der Waals surface area contributed by atoms with Crippen molar-refractivity contribution in [2.75, 3.05) is 6.61 Å². The molecule has 1 saturated carbocycles. The topological polar surface area (TPSA) is 98.5 Å². The van der Waals surface area contributed by atoms with Crippen LogP contribution in [0.4, 0.5) is 5.69 Å². The third-order valence-corrected chi connectivity index (χ3v) is 6.27. The van der Waals surface area contributed by atoms with Gasteiger partial charge in [0.15, 0.2) is 5.78 Å². The Labute approximate surface area is 192 Å². The van der Waals surface area contributed by atoms with E-state index in [1.54, 1.807) is 19.1 Å². The Bertz CT molecular complexity index is 1180. The number of carbonyl (C=O) groups excluding carboxylic acids is 2. The molecule has 0 saturated heterocycles. The number of nitrogens with one attached hydrogen (secondary N) is 1. The summed E-state index contributed by atoms with van der Waals surface area (Å²) >= 11 is 0. The fourth-order valence-corrected chi connectivity index (χ4v) is 4.78. The standard InChI is InChI=1S/C26H26N2O5/c1-4-33-26(30)24-23(18-11-8-12-19(13-18)28(31)32)22(16(3)29)15(2)27-25(24)21-14-20(21)17-9-6-5-7-10-17/h5-13,20-21,23,27H,4,14H2,1-3H3. The van der Waals surface area contributed by atoms with E-state index in [4.69, 9.17) is 4.74 Å². The quantitative estimate of drug-likeness (QED) is 0.374. The molecule has 0 bridgehead atoms. The Morgan fingerprint density at radius 3 is 2.39 bits per heavy atom. The maximum atomic E-state index is 13.3. The zero-order valence-electron chi connectivity index (χ0n) is 18.8. The van der Waals surface area contributed by atoms with Gasteiger partial charge in [-0.15, -0.1) is 0 Å². The second-order valence-electron chi connectivity index (χ2n) is 8.41. The predicted octanol–water partition coefficient (Wildman–Crippen LogP) is 4.77. The number of ketones is 1. The summed E-state index contributed by atoms with van der Waals surface area (Å²) in [4.78, 5) is 36.9. The van der Waals surface area contributed by atoms with Gasteiger partial charge in [0.2, 0.25) is 0 Å². The molecular formula is C26H26N2O5. The number of allylic oxidation sites excluding steroid dienone is 3. The first-order valence-corrected chi connectivity index (χ1v) is 11.0. The van der Waals surface area contributed by atoms with Gasteiger partial charge in [0.05, 0.1) is 17.1 Å². The van der Waals surface area contributed by atoms with Crippen LogP contribution in [0.3, 0.4) is 0 Å². The molecule has 170 valence electrons. The monoisotopic (exact) mass is 446 g/mol. The van der Waals surface area contributed by atoms with Crippen LogP contribution >= 0.6 is 0 Å². The summed E-state index contributed by atoms with van der Waals surface area (Å²) in [7, 11) is 0. The minimum Gasteiger partial charge on any atom is -0.463 e. The highest BCUT2D eigenvalue weighted by Gasteiger charge is 2.47. The molecule has 1 aliphatic carbocycles. The first kappa shape index (κ1) is 22.5. The molecule has 7 nitrogen and oxygen atoms in total. The molecule has 1 heterocycles. The number of dihydropyridines is 1. The minimum absolute atomic E-state index is 0.0662. The lowest BCUT2D eigenvalue weighted by molar-refractivity contribution is -0.384. The van der Waals surface area contributed by atoms with Crippen molar-refractivity contribution in [1.82, 2.24) is 5.32 Å². The molecule has 4 rings (SSSR count). The number of nitro groups is 1. The minimum atomic E-state index is -0.741. The second kappa shape index (κ2) is 9.02. The first-order chi connectivity index (χ1) is 15.8. The van der Waals surface area contributed by atoms with Crippen LogP contribution in [0.15, 0.2) is 77.1 Å². The average Bonchev–Trinajstić information content (AvgIpc) is 3.59. The summed E-state index contributed by atoms with van der Waals surface area (Å²) in [6.45, 7) is 5.17. The molecular weight excluding hydrogens is 420 g/mol. The van der Waals surface area contributed by atoms with Gasteiger partial charge in [0.1, 0.15) is 0 Å². The number of hydrogen-bond acceptors (Lipinski definition) is 6. The van der Waals surface area contributed by atoms with Crippen molar-refractivity contribution in [3.63, 3.8) is 0 Å². The zero-order chi connectivity index (χ0) is 23.7. The van der Waals surface area contributed by atoms with E-state index in [0.29, 0.717) is 22.4 Å². The van der Waals surface area contributed by atoms with Crippen LogP contribution in [0.25, 0.3) is 0 Å². The van der Waals surface area contributed by atoms with Crippen LogP contribution in [0, 0.1) is 16.0 Å². The Kier molecular flexibility index (Phi) is 6.14. The van der Waals surface area contributed by atoms with Gasteiger partial charge >= 0.3 is 5.97 Å². The van der Waals surface area contributed by atoms with Crippen LogP contribution in [0.1, 0.15) is 50.2 Å². The van der Waals surface area contributed by atoms with Crippen LogP contribution < -0.4 is 5.32 Å². The summed E-state index contributed by atoms with van der Waals surface area (Å²) in [5.41, 5.74) is 3.78. The van der Waals surface area contributed by atoms with Gasteiger partial charge in [-0.3, -0.25) is 14.9 Å². The molecule has 1 aliphatic heterocycles. The zero-order valence-corrected chi connectivity index (χ0v) is 18.8. The molecule has 2 aromatic carbocycles. The van der Waals surface area contributed by atoms with E-state index >= 15 is 0 Å². The van der Waals surface area contributed by atoms with Crippen LogP contribution in [-0.4, -0.2) is 23.3 Å². The fraction of sp³-hybridized carbons (Fsp3) is 0.308. The van der Waals surface area contributed by atoms with Crippen molar-refractivity contribution < 1.29 is 19.2 Å². The van der Waals surface area contributed by atoms with Crippen molar-refractivity contribution in [1.29, 1.82) is 0 Å². The lowest BCUT2D eigenvalue weighted by Crippen LogP contribution is -2.33. The van der Waals surface area contributed by atoms with Gasteiger partial charge in [-0.1, -0.05) is 42.5 Å². The predicted molar refractivity (Wildman–Crippen MR) is 123 cm³/mol. The number of hydrogen-bond donors (Lipinski definition) is 1. The number of benzene rings is 2. The van der Waals surface area contributed by atoms with E-state index in [0.717, 1.165) is 12.1 Å². The summed E-state index contributed by atoms with van der Waals surface area (Å²) in [6.07, 6.45) is 0.861. The van der Waals surface area contributed by atoms with E-state index in [9.17, 15) is 19.7 Å². The molecule has 1 N–H and O–H groups in total. The number of esters is 1. The summed E-state index contributed by atoms with van der Waals surface area (Å²) in [5.74, 6) is -1.14. The van der Waals surface area contributed by atoms with Gasteiger partial charge in [-0.05, 0) is 44.2 Å². The number of non-ortho nitro benzene ring substituents is 1. The first-order valence-electron chi connectivity index (χ1n) is 11.0. The van der Waals surface area contributed by atoms with Gasteiger partial charge in [0.25, 0.3) is 5.69 Å². The second-order valence-corrected chi connectivity index (χ2v) is 8.41. The van der Waals surface area contributed by atoms with Gasteiger partial charge in [0, 0.05) is 40.9 Å². The molecule has 0 amide bonds. The van der Waals surface area contributed by atoms with Crippen molar-refractivity contribution >= 4 is 17.4 Å². The number of nitrogens with zero attached hydrogens (tertiary/aromatic N) is 1. The number of carbonyl (C=O) groups is 2. The summed E-state index contributed by atoms with van der Waals surface area (Å²) in [5, 5.41) is 14.8. The lowest BCUT2D eigenvalue weighted by Gasteiger charge is -2.32. The molecule has 1 fully saturated rings. The Hall–Kier alpha value is -3.74. The van der Waals surface area contributed by atoms with E-state index in [-0.39, 0.29) is 29.9 Å². The molecule has 3 unspecified atom stereocenters. The van der Waals surface area contributed by atoms with Crippen LogP contribution in [0.2, 0.25) is 0 Å². The molecule has 33 heavy (non-hydrogen) atoms. The van der Waals surface area contributed by atoms with Crippen molar-refractivity contribution in [2.24, 2.45) is 5.92 Å². The highest BCUT2D eigenvalue weighted by Crippen LogP contribution is 2.54. The SMILES string of the molecule is CCOC(=O)C1=C(C2CC2c2ccccc2)NC(C)=C(C(C)=O)C1c1cccc([N+](=O)[O-])c1. The smallest absolute Gasteiger partial charge is 0.336 e. The number of Topliss-reactive ketones (excluding diaryl/α,β-unsaturated/α-hetero) is 1. The molecule has 0 radical (unpaired) electrons. The largest absolute Gasteiger partial charge is 0.463 e. The Balaban J connectivity index is 1.87. The van der Waals surface area contributed by atoms with Gasteiger partial charge in [-0.2, -0.15) is 0 Å². The maximum absolute atomic E-state index is 13.3. The normalized spacial score (nSPS) is 22.0. The van der Waals surface area contributed by atoms with Gasteiger partial charge in [-0.25, -0.2) is 4.79 Å². The van der Waals surface area contributed by atoms with Crippen LogP contribution in [0.5, 0.6) is 0 Å². The van der Waals surface area contributed by atoms with Crippen molar-refractivity contribution in [2.45, 2.75) is 39.0 Å². The average molecular weight is 447 g/mol. The molecule has 3 atom stereocenters. The number of ether oxygens (including phenoxy) is 1. The Morgan fingerprint density at radius 2 is 1.76 bits per heavy atom. The summed E-state index contributed by atoms with van der Waals surface area (Å²) < 4.78 is 5.42. The van der Waals surface area contributed by atoms with Crippen molar-refractivity contribution in [3.8, 4) is 0 Å². The van der Waals surface area contributed by atoms with E-state index in [1.165, 1.54) is 24.6 Å². The lowest BCUT2D eigenvalue weighted by atomic mass is 9.78. The van der Waals surface area contributed by atoms with E-state index < -0.39 is 16.8 Å². The van der Waals surface area contributed by atoms with Crippen LogP contribution in [-0.2, 0) is 14.3 Å².